The molecule has 0 bridgehead atoms. The summed E-state index contributed by atoms with van der Waals surface area (Å²) in [4.78, 5) is 0. The summed E-state index contributed by atoms with van der Waals surface area (Å²) < 4.78 is 7.98. The summed E-state index contributed by atoms with van der Waals surface area (Å²) in [7, 11) is -6.29. The van der Waals surface area contributed by atoms with Gasteiger partial charge in [0.25, 0.3) is 0 Å². The predicted molar refractivity (Wildman–Crippen MR) is 137 cm³/mol. The molecule has 0 aromatic heterocycles. The van der Waals surface area contributed by atoms with E-state index in [1.54, 1.807) is 0 Å². The fraction of sp³-hybridized carbons (Fsp3) is 1.00. The van der Waals surface area contributed by atoms with Crippen LogP contribution < -0.4 is 0 Å². The van der Waals surface area contributed by atoms with Crippen molar-refractivity contribution >= 4 is 22.8 Å². The number of hydrogen-bond acceptors (Lipinski definition) is 1. The molecule has 0 unspecified atom stereocenters. The van der Waals surface area contributed by atoms with Gasteiger partial charge in [-0.15, -0.1) is 0 Å². The Hall–Kier alpha value is 0.611. The molecule has 1 aliphatic rings. The summed E-state index contributed by atoms with van der Waals surface area (Å²) in [5.74, 6) is 0. The SMILES string of the molecule is CC(C)(C)[Si]1(C(C)(C)C)O[Si](C(C)(C)C)(C(C)(C)C)[Si]1(C(C)(C)C)C(C)(C)C. The predicted octanol–water partition coefficient (Wildman–Crippen LogP) is 9.31. The first-order valence-corrected chi connectivity index (χ1v) is 19.2. The van der Waals surface area contributed by atoms with Crippen molar-refractivity contribution in [1.82, 2.24) is 0 Å². The second-order valence-electron chi connectivity index (χ2n) is 15.7. The van der Waals surface area contributed by atoms with Gasteiger partial charge in [-0.3, -0.25) is 0 Å². The Labute approximate surface area is 181 Å². The fourth-order valence-electron chi connectivity index (χ4n) is 8.93. The smallest absolute Gasteiger partial charge is 0.178 e. The van der Waals surface area contributed by atoms with Crippen molar-refractivity contribution in [2.45, 2.75) is 155 Å². The van der Waals surface area contributed by atoms with Gasteiger partial charge in [-0.1, -0.05) is 125 Å². The van der Waals surface area contributed by atoms with E-state index in [9.17, 15) is 0 Å². The average Bonchev–Trinajstić information content (AvgIpc) is 2.13. The van der Waals surface area contributed by atoms with E-state index in [0.717, 1.165) is 0 Å². The third kappa shape index (κ3) is 2.82. The molecule has 1 heterocycles. The van der Waals surface area contributed by atoms with Crippen molar-refractivity contribution in [2.24, 2.45) is 0 Å². The lowest BCUT2D eigenvalue weighted by molar-refractivity contribution is 0.348. The molecule has 0 radical (unpaired) electrons. The van der Waals surface area contributed by atoms with E-state index in [4.69, 9.17) is 4.12 Å². The summed E-state index contributed by atoms with van der Waals surface area (Å²) in [6.07, 6.45) is 0. The summed E-state index contributed by atoms with van der Waals surface area (Å²) >= 11 is 0. The Kier molecular flexibility index (Phi) is 6.02. The molecule has 0 amide bonds. The van der Waals surface area contributed by atoms with Crippen molar-refractivity contribution in [3.8, 4) is 0 Å². The number of rotatable bonds is 0. The maximum absolute atomic E-state index is 7.98. The molecule has 0 aliphatic carbocycles. The van der Waals surface area contributed by atoms with Crippen molar-refractivity contribution in [3.63, 3.8) is 0 Å². The van der Waals surface area contributed by atoms with Gasteiger partial charge in [0.15, 0.2) is 15.7 Å². The largest absolute Gasteiger partial charge is 0.458 e. The fourth-order valence-corrected chi connectivity index (χ4v) is 82.3. The molecule has 0 spiro atoms. The summed E-state index contributed by atoms with van der Waals surface area (Å²) in [5, 5.41) is 1.53. The van der Waals surface area contributed by atoms with Crippen LogP contribution in [0.2, 0.25) is 30.2 Å². The molecule has 0 atom stereocenters. The second kappa shape index (κ2) is 6.32. The van der Waals surface area contributed by atoms with Crippen LogP contribution in [0.4, 0.5) is 0 Å². The molecule has 0 saturated carbocycles. The molecule has 28 heavy (non-hydrogen) atoms. The van der Waals surface area contributed by atoms with Gasteiger partial charge >= 0.3 is 0 Å². The first-order chi connectivity index (χ1) is 11.7. The maximum Gasteiger partial charge on any atom is 0.178 e. The Bertz CT molecular complexity index is 511. The molecule has 1 nitrogen and oxygen atoms in total. The lowest BCUT2D eigenvalue weighted by atomic mass is 10.2. The first-order valence-electron chi connectivity index (χ1n) is 11.4. The van der Waals surface area contributed by atoms with E-state index in [1.165, 1.54) is 0 Å². The van der Waals surface area contributed by atoms with Crippen LogP contribution >= 0.6 is 0 Å². The quantitative estimate of drug-likeness (QED) is 0.339. The summed E-state index contributed by atoms with van der Waals surface area (Å²) in [5.41, 5.74) is 0. The van der Waals surface area contributed by atoms with Gasteiger partial charge in [0.05, 0.1) is 0 Å². The van der Waals surface area contributed by atoms with Crippen molar-refractivity contribution in [1.29, 1.82) is 0 Å². The van der Waals surface area contributed by atoms with Crippen LogP contribution in [0.1, 0.15) is 125 Å². The zero-order valence-corrected chi connectivity index (χ0v) is 25.9. The van der Waals surface area contributed by atoms with Gasteiger partial charge in [-0.05, 0) is 30.2 Å². The minimum Gasteiger partial charge on any atom is -0.458 e. The minimum atomic E-state index is -2.15. The first kappa shape index (κ1) is 26.6. The van der Waals surface area contributed by atoms with Crippen LogP contribution in [0.15, 0.2) is 0 Å². The third-order valence-corrected chi connectivity index (χ3v) is 57.9. The zero-order chi connectivity index (χ0) is 23.2. The van der Waals surface area contributed by atoms with Crippen LogP contribution in [0.25, 0.3) is 0 Å². The molecule has 1 fully saturated rings. The van der Waals surface area contributed by atoms with Crippen LogP contribution in [-0.2, 0) is 4.12 Å². The highest BCUT2D eigenvalue weighted by Crippen LogP contribution is 2.82. The lowest BCUT2D eigenvalue weighted by Gasteiger charge is -2.86. The summed E-state index contributed by atoms with van der Waals surface area (Å²) in [6.45, 7) is 45.9. The van der Waals surface area contributed by atoms with E-state index in [0.29, 0.717) is 10.1 Å². The highest BCUT2D eigenvalue weighted by molar-refractivity contribution is 7.77. The molecule has 1 aliphatic heterocycles. The Balaban J connectivity index is 4.44. The van der Waals surface area contributed by atoms with E-state index in [-0.39, 0.29) is 20.2 Å². The van der Waals surface area contributed by atoms with Crippen LogP contribution in [0, 0.1) is 0 Å². The van der Waals surface area contributed by atoms with Gasteiger partial charge < -0.3 is 4.12 Å². The van der Waals surface area contributed by atoms with Gasteiger partial charge in [-0.25, -0.2) is 0 Å². The highest BCUT2D eigenvalue weighted by atomic mass is 29.7. The molecule has 0 aromatic rings. The van der Waals surface area contributed by atoms with Crippen LogP contribution in [0.3, 0.4) is 0 Å². The maximum atomic E-state index is 7.98. The van der Waals surface area contributed by atoms with Crippen molar-refractivity contribution in [3.05, 3.63) is 0 Å². The van der Waals surface area contributed by atoms with Gasteiger partial charge in [0.1, 0.15) is 7.11 Å². The topological polar surface area (TPSA) is 9.23 Å². The average molecular weight is 443 g/mol. The van der Waals surface area contributed by atoms with Gasteiger partial charge in [-0.2, -0.15) is 0 Å². The minimum absolute atomic E-state index is 0.227. The Morgan fingerprint density at radius 3 is 0.607 bits per heavy atom. The molecular weight excluding hydrogens is 389 g/mol. The molecular formula is C24H54OSi3. The monoisotopic (exact) mass is 442 g/mol. The van der Waals surface area contributed by atoms with Gasteiger partial charge in [0.2, 0.25) is 0 Å². The Morgan fingerprint density at radius 1 is 0.321 bits per heavy atom. The normalized spacial score (nSPS) is 23.4. The highest BCUT2D eigenvalue weighted by Gasteiger charge is 2.94. The summed E-state index contributed by atoms with van der Waals surface area (Å²) in [6, 6.07) is 0. The van der Waals surface area contributed by atoms with Crippen molar-refractivity contribution < 1.29 is 4.12 Å². The molecule has 4 heteroatoms. The lowest BCUT2D eigenvalue weighted by Crippen LogP contribution is -3.04. The van der Waals surface area contributed by atoms with Crippen LogP contribution in [-0.4, -0.2) is 22.8 Å². The van der Waals surface area contributed by atoms with E-state index in [2.05, 4.69) is 125 Å². The zero-order valence-electron chi connectivity index (χ0n) is 22.9. The third-order valence-electron chi connectivity index (χ3n) is 7.84. The second-order valence-corrected chi connectivity index (χ2v) is 40.0. The standard InChI is InChI=1S/C24H54OSi3/c1-19(2,3)26(20(4,5)6)25-27(21(7,8)9,22(10,11)12)28(26,23(13,14)15)24(16,17)18/h1-18H3. The number of hydrogen-bond donors (Lipinski definition) is 0. The molecule has 168 valence electrons. The van der Waals surface area contributed by atoms with E-state index < -0.39 is 22.8 Å². The molecule has 1 rings (SSSR count). The van der Waals surface area contributed by atoms with E-state index in [1.807, 2.05) is 0 Å². The van der Waals surface area contributed by atoms with Gasteiger partial charge in [0, 0.05) is 0 Å². The Morgan fingerprint density at radius 2 is 0.500 bits per heavy atom. The van der Waals surface area contributed by atoms with Crippen molar-refractivity contribution in [2.75, 3.05) is 0 Å². The van der Waals surface area contributed by atoms with Crippen LogP contribution in [0.5, 0.6) is 0 Å². The molecule has 0 N–H and O–H groups in total. The molecule has 0 aromatic carbocycles. The molecule has 1 saturated heterocycles. The van der Waals surface area contributed by atoms with E-state index >= 15 is 0 Å².